The summed E-state index contributed by atoms with van der Waals surface area (Å²) in [6, 6.07) is 0. The van der Waals surface area contributed by atoms with Crippen molar-refractivity contribution in [3.05, 3.63) is 85.1 Å². The van der Waals surface area contributed by atoms with Crippen LogP contribution in [-0.2, 0) is 33.2 Å². The maximum atomic E-state index is 13.1. The van der Waals surface area contributed by atoms with Gasteiger partial charge in [0.15, 0.2) is 12.6 Å². The van der Waals surface area contributed by atoms with E-state index in [2.05, 4.69) is 98.9 Å². The van der Waals surface area contributed by atoms with Crippen LogP contribution in [0.3, 0.4) is 0 Å². The first kappa shape index (κ1) is 74.3. The number of unbranched alkanes of at least 4 members (excludes halogenated alkanes) is 24. The monoisotopic (exact) mass is 1140 g/mol. The van der Waals surface area contributed by atoms with E-state index in [1.165, 1.54) is 122 Å². The van der Waals surface area contributed by atoms with Crippen LogP contribution in [0.4, 0.5) is 0 Å². The summed E-state index contributed by atoms with van der Waals surface area (Å²) in [7, 11) is 0. The van der Waals surface area contributed by atoms with Gasteiger partial charge in [-0.2, -0.15) is 0 Å². The van der Waals surface area contributed by atoms with Gasteiger partial charge in [-0.1, -0.05) is 221 Å². The van der Waals surface area contributed by atoms with Gasteiger partial charge in [-0.15, -0.1) is 0 Å². The van der Waals surface area contributed by atoms with Crippen molar-refractivity contribution in [1.29, 1.82) is 0 Å². The van der Waals surface area contributed by atoms with Crippen LogP contribution >= 0.6 is 0 Å². The summed E-state index contributed by atoms with van der Waals surface area (Å²) >= 11 is 0. The van der Waals surface area contributed by atoms with E-state index < -0.39 is 86.7 Å². The zero-order valence-electron chi connectivity index (χ0n) is 50.5. The SMILES string of the molecule is CC/C=C\C/C=C\C/C=C\C/C=C\C/C=C\C/C=C\CCCCCCC(=O)OC(COCCCCCCCCCCCCCC/C=C\CCCCCCCCCC)COC1OC(COC2OC(CO)C(O)C(O)C2O)C(O)C(O)C1O. The Morgan fingerprint density at radius 3 is 1.27 bits per heavy atom. The number of aliphatic hydroxyl groups is 7. The summed E-state index contributed by atoms with van der Waals surface area (Å²) in [5.74, 6) is -0.400. The van der Waals surface area contributed by atoms with Crippen LogP contribution in [0.15, 0.2) is 85.1 Å². The third-order valence-electron chi connectivity index (χ3n) is 14.9. The van der Waals surface area contributed by atoms with Crippen molar-refractivity contribution in [2.75, 3.05) is 33.0 Å². The molecule has 0 aliphatic carbocycles. The van der Waals surface area contributed by atoms with Crippen molar-refractivity contribution in [1.82, 2.24) is 0 Å². The molecule has 0 bridgehead atoms. The van der Waals surface area contributed by atoms with Gasteiger partial charge in [-0.3, -0.25) is 4.79 Å². The minimum absolute atomic E-state index is 0.0470. The molecule has 0 aromatic heterocycles. The Morgan fingerprint density at radius 2 is 0.802 bits per heavy atom. The van der Waals surface area contributed by atoms with E-state index >= 15 is 0 Å². The van der Waals surface area contributed by atoms with Gasteiger partial charge < -0.3 is 64.2 Å². The van der Waals surface area contributed by atoms with Crippen molar-refractivity contribution >= 4 is 5.97 Å². The third kappa shape index (κ3) is 38.7. The molecule has 0 radical (unpaired) electrons. The van der Waals surface area contributed by atoms with Gasteiger partial charge in [0.2, 0.25) is 0 Å². The first-order chi connectivity index (χ1) is 39.6. The van der Waals surface area contributed by atoms with Crippen LogP contribution < -0.4 is 0 Å². The molecule has 14 nitrogen and oxygen atoms in total. The molecule has 2 aliphatic rings. The highest BCUT2D eigenvalue weighted by Gasteiger charge is 2.47. The average Bonchev–Trinajstić information content (AvgIpc) is 3.46. The standard InChI is InChI=1S/C67H116O14/c1-3-5-7-9-11-13-15-17-19-21-23-25-27-29-31-33-35-37-39-41-43-45-47-49-51-76-53-56(54-77-66-65(75)63(73)61(71)58(81-66)55-78-67-64(74)62(72)60(70)57(52-68)80-67)79-59(69)50-48-46-44-42-40-38-36-34-32-30-28-26-24-22-20-18-16-14-12-10-8-6-4-2/h6,8,12,14,18,20-21,23-24,26,30,32,36,38,56-58,60-68,70-75H,3-5,7,9-11,13,15-17,19,22,25,27-29,31,33-35,37,39-55H2,1-2H3/b8-6-,14-12-,20-18-,23-21-,26-24-,32-30-,38-36-. The highest BCUT2D eigenvalue weighted by Crippen LogP contribution is 2.27. The van der Waals surface area contributed by atoms with E-state index in [1.807, 2.05) is 0 Å². The number of carbonyl (C=O) groups is 1. The molecule has 468 valence electrons. The fourth-order valence-corrected chi connectivity index (χ4v) is 9.76. The highest BCUT2D eigenvalue weighted by atomic mass is 16.7. The van der Waals surface area contributed by atoms with Gasteiger partial charge in [-0.05, 0) is 89.9 Å². The number of rotatable bonds is 52. The van der Waals surface area contributed by atoms with Crippen molar-refractivity contribution in [2.45, 2.75) is 300 Å². The number of aliphatic hydroxyl groups excluding tert-OH is 7. The van der Waals surface area contributed by atoms with Crippen molar-refractivity contribution < 1.29 is 69.0 Å². The number of hydrogen-bond donors (Lipinski definition) is 7. The Morgan fingerprint density at radius 1 is 0.420 bits per heavy atom. The topological polar surface area (TPSA) is 214 Å². The molecule has 0 aromatic rings. The predicted molar refractivity (Wildman–Crippen MR) is 325 cm³/mol. The molecule has 0 spiro atoms. The zero-order chi connectivity index (χ0) is 58.6. The Hall–Kier alpha value is -2.83. The summed E-state index contributed by atoms with van der Waals surface area (Å²) in [4.78, 5) is 13.1. The average molecular weight is 1150 g/mol. The van der Waals surface area contributed by atoms with E-state index in [1.54, 1.807) is 0 Å². The molecule has 14 heteroatoms. The number of hydrogen-bond acceptors (Lipinski definition) is 14. The predicted octanol–water partition coefficient (Wildman–Crippen LogP) is 12.8. The quantitative estimate of drug-likeness (QED) is 0.0172. The molecular weight excluding hydrogens is 1030 g/mol. The molecule has 11 atom stereocenters. The minimum Gasteiger partial charge on any atom is -0.457 e. The summed E-state index contributed by atoms with van der Waals surface area (Å²) in [6.07, 6.45) is 53.6. The molecular formula is C67H116O14. The van der Waals surface area contributed by atoms with Gasteiger partial charge in [0.05, 0.1) is 26.4 Å². The largest absolute Gasteiger partial charge is 0.457 e. The molecule has 2 aliphatic heterocycles. The number of ether oxygens (including phenoxy) is 6. The number of esters is 1. The number of allylic oxidation sites excluding steroid dienone is 14. The fraction of sp³-hybridized carbons (Fsp3) is 0.776. The first-order valence-electron chi connectivity index (χ1n) is 32.2. The molecule has 2 heterocycles. The second-order valence-electron chi connectivity index (χ2n) is 22.2. The van der Waals surface area contributed by atoms with E-state index in [9.17, 15) is 40.5 Å². The lowest BCUT2D eigenvalue weighted by Gasteiger charge is -2.42. The van der Waals surface area contributed by atoms with Crippen molar-refractivity contribution in [3.8, 4) is 0 Å². The lowest BCUT2D eigenvalue weighted by Crippen LogP contribution is -2.61. The van der Waals surface area contributed by atoms with E-state index in [4.69, 9.17) is 28.4 Å². The Kier molecular flexibility index (Phi) is 48.3. The molecule has 0 saturated carbocycles. The highest BCUT2D eigenvalue weighted by molar-refractivity contribution is 5.69. The Bertz CT molecular complexity index is 1660. The third-order valence-corrected chi connectivity index (χ3v) is 14.9. The summed E-state index contributed by atoms with van der Waals surface area (Å²) in [5, 5.41) is 72.5. The van der Waals surface area contributed by atoms with Crippen molar-refractivity contribution in [2.24, 2.45) is 0 Å². The molecule has 2 saturated heterocycles. The molecule has 11 unspecified atom stereocenters. The van der Waals surface area contributed by atoms with E-state index in [0.29, 0.717) is 13.0 Å². The maximum absolute atomic E-state index is 13.1. The smallest absolute Gasteiger partial charge is 0.306 e. The molecule has 0 amide bonds. The van der Waals surface area contributed by atoms with Gasteiger partial charge in [0, 0.05) is 13.0 Å². The van der Waals surface area contributed by atoms with Crippen LogP contribution in [0.2, 0.25) is 0 Å². The lowest BCUT2D eigenvalue weighted by atomic mass is 9.98. The van der Waals surface area contributed by atoms with Crippen molar-refractivity contribution in [3.63, 3.8) is 0 Å². The van der Waals surface area contributed by atoms with Crippen LogP contribution in [0.1, 0.15) is 232 Å². The van der Waals surface area contributed by atoms with E-state index in [0.717, 1.165) is 83.5 Å². The van der Waals surface area contributed by atoms with Crippen LogP contribution in [0.25, 0.3) is 0 Å². The van der Waals surface area contributed by atoms with E-state index in [-0.39, 0.29) is 19.6 Å². The second-order valence-corrected chi connectivity index (χ2v) is 22.2. The van der Waals surface area contributed by atoms with Gasteiger partial charge in [0.25, 0.3) is 0 Å². The maximum Gasteiger partial charge on any atom is 0.306 e. The second kappa shape index (κ2) is 52.7. The van der Waals surface area contributed by atoms with Gasteiger partial charge in [0.1, 0.15) is 54.9 Å². The lowest BCUT2D eigenvalue weighted by molar-refractivity contribution is -0.332. The molecule has 2 rings (SSSR count). The molecule has 0 aromatic carbocycles. The molecule has 7 N–H and O–H groups in total. The zero-order valence-corrected chi connectivity index (χ0v) is 50.5. The first-order valence-corrected chi connectivity index (χ1v) is 32.2. The van der Waals surface area contributed by atoms with Crippen LogP contribution in [-0.4, -0.2) is 142 Å². The molecule has 2 fully saturated rings. The van der Waals surface area contributed by atoms with Gasteiger partial charge in [-0.25, -0.2) is 0 Å². The normalized spacial score (nSPS) is 24.3. The molecule has 81 heavy (non-hydrogen) atoms. The number of carbonyl (C=O) groups excluding carboxylic acids is 1. The Balaban J connectivity index is 1.69. The fourth-order valence-electron chi connectivity index (χ4n) is 9.76. The Labute approximate surface area is 490 Å². The van der Waals surface area contributed by atoms with Gasteiger partial charge >= 0.3 is 5.97 Å². The summed E-state index contributed by atoms with van der Waals surface area (Å²) in [5.41, 5.74) is 0. The van der Waals surface area contributed by atoms with Crippen LogP contribution in [0.5, 0.6) is 0 Å². The minimum atomic E-state index is -1.72. The summed E-state index contributed by atoms with van der Waals surface area (Å²) in [6.45, 7) is 3.56. The van der Waals surface area contributed by atoms with Crippen LogP contribution in [0, 0.1) is 0 Å². The summed E-state index contributed by atoms with van der Waals surface area (Å²) < 4.78 is 34.5.